The molecule has 2 saturated carbocycles. The van der Waals surface area contributed by atoms with Crippen LogP contribution >= 0.6 is 0 Å². The molecule has 7 rings (SSSR count). The Balaban J connectivity index is 0.995. The molecule has 4 N–H and O–H groups in total. The number of aromatic amines is 2. The Bertz CT molecular complexity index is 1830. The summed E-state index contributed by atoms with van der Waals surface area (Å²) in [4.78, 5) is 56.7. The predicted molar refractivity (Wildman–Crippen MR) is 195 cm³/mol. The minimum atomic E-state index is -0.670. The summed E-state index contributed by atoms with van der Waals surface area (Å²) < 4.78 is 4.76. The molecule has 4 aromatic rings. The molecule has 11 nitrogen and oxygen atoms in total. The topological polar surface area (TPSA) is 145 Å². The normalized spacial score (nSPS) is 21.0. The highest BCUT2D eigenvalue weighted by Crippen LogP contribution is 2.38. The summed E-state index contributed by atoms with van der Waals surface area (Å²) in [6.45, 7) is 5.24. The van der Waals surface area contributed by atoms with Gasteiger partial charge in [-0.25, -0.2) is 14.8 Å². The maximum Gasteiger partial charge on any atom is 0.407 e. The Labute approximate surface area is 299 Å². The Morgan fingerprint density at radius 2 is 1.39 bits per heavy atom. The summed E-state index contributed by atoms with van der Waals surface area (Å²) in [5.41, 5.74) is 6.12. The molecule has 0 radical (unpaired) electrons. The largest absolute Gasteiger partial charge is 0.453 e. The van der Waals surface area contributed by atoms with Crippen molar-refractivity contribution < 1.29 is 19.1 Å². The second-order valence-corrected chi connectivity index (χ2v) is 14.8. The number of rotatable bonds is 11. The van der Waals surface area contributed by atoms with Crippen molar-refractivity contribution in [2.45, 2.75) is 83.2 Å². The number of benzene rings is 2. The molecule has 268 valence electrons. The number of nitrogens with zero attached hydrogens (tertiary/aromatic N) is 3. The first kappa shape index (κ1) is 34.5. The Morgan fingerprint density at radius 1 is 0.804 bits per heavy atom. The van der Waals surface area contributed by atoms with Crippen LogP contribution in [-0.4, -0.2) is 69.0 Å². The van der Waals surface area contributed by atoms with Gasteiger partial charge in [-0.3, -0.25) is 9.59 Å². The van der Waals surface area contributed by atoms with Gasteiger partial charge in [0.05, 0.1) is 36.9 Å². The highest BCUT2D eigenvalue weighted by molar-refractivity contribution is 5.86. The van der Waals surface area contributed by atoms with Gasteiger partial charge in [0.25, 0.3) is 0 Å². The van der Waals surface area contributed by atoms with Gasteiger partial charge in [-0.1, -0.05) is 75.2 Å². The molecule has 3 amide bonds. The van der Waals surface area contributed by atoms with Gasteiger partial charge in [0.2, 0.25) is 11.8 Å². The number of hydrogen-bond donors (Lipinski definition) is 4. The summed E-state index contributed by atoms with van der Waals surface area (Å²) in [6, 6.07) is 16.0. The van der Waals surface area contributed by atoms with E-state index in [0.717, 1.165) is 90.4 Å². The van der Waals surface area contributed by atoms with Gasteiger partial charge < -0.3 is 30.2 Å². The number of amides is 3. The second kappa shape index (κ2) is 15.1. The van der Waals surface area contributed by atoms with Crippen molar-refractivity contribution in [3.05, 3.63) is 72.6 Å². The first-order valence-corrected chi connectivity index (χ1v) is 18.5. The number of aromatic nitrogens is 4. The molecule has 1 aliphatic heterocycles. The second-order valence-electron chi connectivity index (χ2n) is 14.8. The van der Waals surface area contributed by atoms with Crippen LogP contribution in [0.4, 0.5) is 4.79 Å². The molecule has 1 saturated heterocycles. The van der Waals surface area contributed by atoms with Gasteiger partial charge in [-0.05, 0) is 72.6 Å². The van der Waals surface area contributed by atoms with E-state index in [1.54, 1.807) is 0 Å². The van der Waals surface area contributed by atoms with Crippen LogP contribution in [0.5, 0.6) is 0 Å². The van der Waals surface area contributed by atoms with Crippen LogP contribution < -0.4 is 10.6 Å². The molecule has 0 unspecified atom stereocenters. The van der Waals surface area contributed by atoms with Crippen molar-refractivity contribution in [1.29, 1.82) is 0 Å². The third-order valence-electron chi connectivity index (χ3n) is 10.9. The SMILES string of the molecule is COC(=O)N[C@H](C(=O)N1CCC[C@H]1c1ncc(-c2ccc(-c3ccc(-c4cnc([C@H]5CCCC[C@H]5C(=O)NCC5CC5)[nH]4)cc3)cc2)[nH]1)C(C)C. The van der Waals surface area contributed by atoms with E-state index in [2.05, 4.69) is 74.1 Å². The molecule has 0 bridgehead atoms. The number of likely N-dealkylation sites (tertiary alicyclic amines) is 1. The maximum atomic E-state index is 13.5. The van der Waals surface area contributed by atoms with E-state index in [9.17, 15) is 14.4 Å². The molecule has 2 aliphatic carbocycles. The molecule has 2 aromatic carbocycles. The van der Waals surface area contributed by atoms with E-state index in [4.69, 9.17) is 9.72 Å². The van der Waals surface area contributed by atoms with Crippen LogP contribution in [0.1, 0.15) is 88.8 Å². The molecular weight excluding hydrogens is 642 g/mol. The van der Waals surface area contributed by atoms with Crippen LogP contribution in [0.3, 0.4) is 0 Å². The van der Waals surface area contributed by atoms with Gasteiger partial charge in [0.15, 0.2) is 0 Å². The zero-order valence-corrected chi connectivity index (χ0v) is 29.8. The lowest BCUT2D eigenvalue weighted by Crippen LogP contribution is -2.51. The van der Waals surface area contributed by atoms with Crippen LogP contribution in [0, 0.1) is 17.8 Å². The number of H-pyrrole nitrogens is 2. The van der Waals surface area contributed by atoms with Crippen molar-refractivity contribution in [1.82, 2.24) is 35.5 Å². The van der Waals surface area contributed by atoms with Gasteiger partial charge in [-0.15, -0.1) is 0 Å². The van der Waals surface area contributed by atoms with Gasteiger partial charge >= 0.3 is 6.09 Å². The van der Waals surface area contributed by atoms with E-state index in [-0.39, 0.29) is 35.6 Å². The zero-order chi connectivity index (χ0) is 35.5. The lowest BCUT2D eigenvalue weighted by Gasteiger charge is -2.30. The van der Waals surface area contributed by atoms with Crippen molar-refractivity contribution in [2.75, 3.05) is 20.2 Å². The number of carbonyl (C=O) groups excluding carboxylic acids is 3. The molecule has 0 spiro atoms. The minimum absolute atomic E-state index is 0.0175. The number of imidazole rings is 2. The minimum Gasteiger partial charge on any atom is -0.453 e. The number of nitrogens with one attached hydrogen (secondary N) is 4. The number of ether oxygens (including phenoxy) is 1. The highest BCUT2D eigenvalue weighted by Gasteiger charge is 2.38. The fourth-order valence-electron chi connectivity index (χ4n) is 7.67. The summed E-state index contributed by atoms with van der Waals surface area (Å²) >= 11 is 0. The van der Waals surface area contributed by atoms with E-state index in [0.29, 0.717) is 12.5 Å². The average Bonchev–Trinajstić information content (AvgIpc) is 3.51. The van der Waals surface area contributed by atoms with Gasteiger partial charge in [0, 0.05) is 24.9 Å². The molecule has 2 aromatic heterocycles. The first-order chi connectivity index (χ1) is 24.8. The van der Waals surface area contributed by atoms with Crippen LogP contribution in [0.25, 0.3) is 33.6 Å². The van der Waals surface area contributed by atoms with Crippen LogP contribution in [0.2, 0.25) is 0 Å². The van der Waals surface area contributed by atoms with Crippen molar-refractivity contribution in [2.24, 2.45) is 17.8 Å². The maximum absolute atomic E-state index is 13.5. The Hall–Kier alpha value is -4.93. The summed E-state index contributed by atoms with van der Waals surface area (Å²) in [5.74, 6) is 2.42. The molecule has 3 heterocycles. The van der Waals surface area contributed by atoms with Crippen LogP contribution in [0.15, 0.2) is 60.9 Å². The predicted octanol–water partition coefficient (Wildman–Crippen LogP) is 6.98. The fourth-order valence-corrected chi connectivity index (χ4v) is 7.67. The third-order valence-corrected chi connectivity index (χ3v) is 10.9. The van der Waals surface area contributed by atoms with Crippen molar-refractivity contribution in [3.63, 3.8) is 0 Å². The molecule has 4 atom stereocenters. The molecule has 51 heavy (non-hydrogen) atoms. The van der Waals surface area contributed by atoms with Crippen LogP contribution in [-0.2, 0) is 14.3 Å². The molecule has 3 aliphatic rings. The number of methoxy groups -OCH3 is 1. The third kappa shape index (κ3) is 7.72. The molecular formula is C40H49N7O4. The first-order valence-electron chi connectivity index (χ1n) is 18.5. The molecule has 3 fully saturated rings. The lowest BCUT2D eigenvalue weighted by atomic mass is 9.78. The van der Waals surface area contributed by atoms with Gasteiger partial charge in [0.1, 0.15) is 17.7 Å². The summed E-state index contributed by atoms with van der Waals surface area (Å²) in [5, 5.41) is 5.91. The van der Waals surface area contributed by atoms with E-state index < -0.39 is 12.1 Å². The lowest BCUT2D eigenvalue weighted by molar-refractivity contribution is -0.135. The summed E-state index contributed by atoms with van der Waals surface area (Å²) in [7, 11) is 1.30. The standard InChI is InChI=1S/C40H49N7O4/c1-24(2)35(46-40(50)51-3)39(49)47-20-6-9-34(47)37-42-23-33(45-37)29-18-14-27(15-19-29)26-12-16-28(17-13-26)32-22-41-36(44-32)30-7-4-5-8-31(30)38(48)43-21-25-10-11-25/h12-19,22-25,30-31,34-35H,4-11,20-21H2,1-3H3,(H,41,44)(H,42,45)(H,43,48)(H,46,50)/t30-,31+,34-,35-/m0/s1. The number of hydrogen-bond acceptors (Lipinski definition) is 6. The summed E-state index contributed by atoms with van der Waals surface area (Å²) in [6.07, 6.45) is 11.4. The van der Waals surface area contributed by atoms with E-state index >= 15 is 0 Å². The monoisotopic (exact) mass is 691 g/mol. The van der Waals surface area contributed by atoms with Crippen molar-refractivity contribution in [3.8, 4) is 33.6 Å². The fraction of sp³-hybridized carbons (Fsp3) is 0.475. The van der Waals surface area contributed by atoms with E-state index in [1.165, 1.54) is 20.0 Å². The average molecular weight is 692 g/mol. The Morgan fingerprint density at radius 3 is 2.00 bits per heavy atom. The van der Waals surface area contributed by atoms with E-state index in [1.807, 2.05) is 31.1 Å². The Kier molecular flexibility index (Phi) is 10.2. The molecule has 11 heteroatoms. The number of carbonyl (C=O) groups is 3. The quantitative estimate of drug-likeness (QED) is 0.134. The smallest absolute Gasteiger partial charge is 0.407 e. The highest BCUT2D eigenvalue weighted by atomic mass is 16.5. The number of alkyl carbamates (subject to hydrolysis) is 1. The zero-order valence-electron chi connectivity index (χ0n) is 29.8. The van der Waals surface area contributed by atoms with Gasteiger partial charge in [-0.2, -0.15) is 0 Å². The van der Waals surface area contributed by atoms with Crippen molar-refractivity contribution >= 4 is 17.9 Å².